The van der Waals surface area contributed by atoms with Crippen molar-refractivity contribution >= 4 is 34.0 Å². The average Bonchev–Trinajstić information content (AvgIpc) is 3.11. The molecule has 0 spiro atoms. The molecule has 0 saturated heterocycles. The minimum atomic E-state index is -0.208. The third kappa shape index (κ3) is 2.65. The van der Waals surface area contributed by atoms with E-state index in [0.29, 0.717) is 5.56 Å². The van der Waals surface area contributed by atoms with Crippen LogP contribution in [0, 0.1) is 11.3 Å². The smallest absolute Gasteiger partial charge is 0.127 e. The first-order chi connectivity index (χ1) is 10.2. The monoisotopic (exact) mass is 316 g/mol. The second-order valence-electron chi connectivity index (χ2n) is 4.70. The molecule has 2 aromatic heterocycles. The molecule has 6 heteroatoms. The van der Waals surface area contributed by atoms with E-state index >= 15 is 0 Å². The maximum atomic E-state index is 9.21. The number of benzene rings is 1. The molecule has 3 aromatic rings. The Labute approximate surface area is 131 Å². The summed E-state index contributed by atoms with van der Waals surface area (Å²) < 4.78 is 2.09. The molecule has 0 radical (unpaired) electrons. The van der Waals surface area contributed by atoms with Crippen molar-refractivity contribution in [3.63, 3.8) is 0 Å². The molecule has 3 rings (SSSR count). The van der Waals surface area contributed by atoms with E-state index in [1.165, 1.54) is 0 Å². The molecule has 1 atom stereocenters. The second kappa shape index (κ2) is 5.84. The normalized spacial score (nSPS) is 12.4. The Hall–Kier alpha value is -1.90. The highest BCUT2D eigenvalue weighted by Crippen LogP contribution is 2.26. The Morgan fingerprint density at radius 3 is 3.00 bits per heavy atom. The molecule has 21 heavy (non-hydrogen) atoms. The van der Waals surface area contributed by atoms with Crippen LogP contribution in [0.4, 0.5) is 0 Å². The summed E-state index contributed by atoms with van der Waals surface area (Å²) in [5, 5.41) is 12.1. The molecule has 0 bridgehead atoms. The predicted molar refractivity (Wildman–Crippen MR) is 84.5 cm³/mol. The summed E-state index contributed by atoms with van der Waals surface area (Å²) in [5.74, 6) is 0.797. The molecule has 106 valence electrons. The van der Waals surface area contributed by atoms with Crippen LogP contribution in [0.1, 0.15) is 28.7 Å². The second-order valence-corrected chi connectivity index (χ2v) is 6.33. The van der Waals surface area contributed by atoms with Crippen molar-refractivity contribution in [1.82, 2.24) is 14.5 Å². The van der Waals surface area contributed by atoms with Gasteiger partial charge in [0.25, 0.3) is 0 Å². The summed E-state index contributed by atoms with van der Waals surface area (Å²) >= 11 is 7.90. The Balaban J connectivity index is 2.06. The summed E-state index contributed by atoms with van der Waals surface area (Å²) in [5.41, 5.74) is 2.26. The van der Waals surface area contributed by atoms with E-state index in [9.17, 15) is 5.26 Å². The van der Waals surface area contributed by atoms with Crippen molar-refractivity contribution in [1.29, 1.82) is 5.26 Å². The van der Waals surface area contributed by atoms with E-state index in [1.807, 2.05) is 30.6 Å². The van der Waals surface area contributed by atoms with Crippen LogP contribution >= 0.6 is 22.9 Å². The van der Waals surface area contributed by atoms with Crippen molar-refractivity contribution in [3.8, 4) is 6.07 Å². The first kappa shape index (κ1) is 14.1. The van der Waals surface area contributed by atoms with E-state index in [0.717, 1.165) is 34.8 Å². The van der Waals surface area contributed by atoms with Crippen molar-refractivity contribution in [2.24, 2.45) is 0 Å². The summed E-state index contributed by atoms with van der Waals surface area (Å²) in [4.78, 5) is 8.88. The fourth-order valence-corrected chi connectivity index (χ4v) is 3.15. The van der Waals surface area contributed by atoms with Gasteiger partial charge in [0, 0.05) is 24.5 Å². The number of nitriles is 1. The number of aromatic nitrogens is 3. The SMILES string of the molecule is CC(Cl)c1nc2c(C#N)cccc2n1CCc1nccs1. The van der Waals surface area contributed by atoms with Crippen molar-refractivity contribution in [3.05, 3.63) is 46.2 Å². The van der Waals surface area contributed by atoms with Gasteiger partial charge in [-0.2, -0.15) is 5.26 Å². The number of imidazole rings is 1. The minimum Gasteiger partial charge on any atom is -0.326 e. The molecule has 1 unspecified atom stereocenters. The highest BCUT2D eigenvalue weighted by atomic mass is 35.5. The highest BCUT2D eigenvalue weighted by Gasteiger charge is 2.17. The highest BCUT2D eigenvalue weighted by molar-refractivity contribution is 7.09. The number of thiazole rings is 1. The number of para-hydroxylation sites is 1. The number of nitrogens with zero attached hydrogens (tertiary/aromatic N) is 4. The lowest BCUT2D eigenvalue weighted by atomic mass is 10.2. The summed E-state index contributed by atoms with van der Waals surface area (Å²) in [6, 6.07) is 7.83. The van der Waals surface area contributed by atoms with E-state index in [2.05, 4.69) is 20.6 Å². The Morgan fingerprint density at radius 1 is 1.48 bits per heavy atom. The van der Waals surface area contributed by atoms with Gasteiger partial charge in [-0.25, -0.2) is 9.97 Å². The predicted octanol–water partition coefficient (Wildman–Crippen LogP) is 3.91. The minimum absolute atomic E-state index is 0.208. The molecule has 4 nitrogen and oxygen atoms in total. The van der Waals surface area contributed by atoms with Crippen LogP contribution in [0.3, 0.4) is 0 Å². The molecule has 0 aliphatic heterocycles. The van der Waals surface area contributed by atoms with Gasteiger partial charge in [0.15, 0.2) is 0 Å². The molecule has 0 fully saturated rings. The van der Waals surface area contributed by atoms with Crippen LogP contribution in [0.2, 0.25) is 0 Å². The summed E-state index contributed by atoms with van der Waals surface area (Å²) in [6.45, 7) is 2.65. The van der Waals surface area contributed by atoms with Crippen LogP contribution in [0.25, 0.3) is 11.0 Å². The Bertz CT molecular complexity index is 799. The van der Waals surface area contributed by atoms with Crippen LogP contribution in [-0.4, -0.2) is 14.5 Å². The first-order valence-corrected chi connectivity index (χ1v) is 7.94. The standard InChI is InChI=1S/C15H13ClN4S/c1-10(16)15-19-14-11(9-17)3-2-4-12(14)20(15)7-5-13-18-6-8-21-13/h2-4,6,8,10H,5,7H2,1H3. The molecule has 0 N–H and O–H groups in total. The zero-order valence-corrected chi connectivity index (χ0v) is 13.0. The number of fused-ring (bicyclic) bond motifs is 1. The largest absolute Gasteiger partial charge is 0.326 e. The van der Waals surface area contributed by atoms with Crippen molar-refractivity contribution in [2.45, 2.75) is 25.3 Å². The zero-order chi connectivity index (χ0) is 14.8. The number of halogens is 1. The van der Waals surface area contributed by atoms with Gasteiger partial charge in [0.2, 0.25) is 0 Å². The van der Waals surface area contributed by atoms with E-state index < -0.39 is 0 Å². The topological polar surface area (TPSA) is 54.5 Å². The number of alkyl halides is 1. The number of aryl methyl sites for hydroxylation is 2. The van der Waals surface area contributed by atoms with Crippen molar-refractivity contribution in [2.75, 3.05) is 0 Å². The molecule has 1 aromatic carbocycles. The van der Waals surface area contributed by atoms with Gasteiger partial charge >= 0.3 is 0 Å². The van der Waals surface area contributed by atoms with Gasteiger partial charge in [-0.15, -0.1) is 22.9 Å². The molecule has 2 heterocycles. The van der Waals surface area contributed by atoms with Gasteiger partial charge < -0.3 is 4.57 Å². The molecule has 0 saturated carbocycles. The van der Waals surface area contributed by atoms with Gasteiger partial charge in [0.05, 0.1) is 21.5 Å². The Kier molecular flexibility index (Phi) is 3.91. The van der Waals surface area contributed by atoms with Crippen LogP contribution in [-0.2, 0) is 13.0 Å². The first-order valence-electron chi connectivity index (χ1n) is 6.62. The fourth-order valence-electron chi connectivity index (χ4n) is 2.38. The molecule has 0 aliphatic rings. The molecular formula is C15H13ClN4S. The van der Waals surface area contributed by atoms with Gasteiger partial charge in [0.1, 0.15) is 17.4 Å². The lowest BCUT2D eigenvalue weighted by Crippen LogP contribution is -2.06. The maximum absolute atomic E-state index is 9.21. The summed E-state index contributed by atoms with van der Waals surface area (Å²) in [7, 11) is 0. The third-order valence-electron chi connectivity index (χ3n) is 3.32. The van der Waals surface area contributed by atoms with Gasteiger partial charge in [-0.05, 0) is 19.1 Å². The lowest BCUT2D eigenvalue weighted by molar-refractivity contribution is 0.666. The summed E-state index contributed by atoms with van der Waals surface area (Å²) in [6.07, 6.45) is 2.64. The number of hydrogen-bond acceptors (Lipinski definition) is 4. The maximum Gasteiger partial charge on any atom is 0.127 e. The van der Waals surface area contributed by atoms with Crippen molar-refractivity contribution < 1.29 is 0 Å². The van der Waals surface area contributed by atoms with Crippen LogP contribution < -0.4 is 0 Å². The van der Waals surface area contributed by atoms with E-state index in [1.54, 1.807) is 17.4 Å². The van der Waals surface area contributed by atoms with Gasteiger partial charge in [-0.1, -0.05) is 6.07 Å². The lowest BCUT2D eigenvalue weighted by Gasteiger charge is -2.09. The van der Waals surface area contributed by atoms with E-state index in [-0.39, 0.29) is 5.38 Å². The number of rotatable bonds is 4. The molecule has 0 aliphatic carbocycles. The Morgan fingerprint density at radius 2 is 2.33 bits per heavy atom. The van der Waals surface area contributed by atoms with Gasteiger partial charge in [-0.3, -0.25) is 0 Å². The quantitative estimate of drug-likeness (QED) is 0.686. The molecule has 0 amide bonds. The third-order valence-corrected chi connectivity index (χ3v) is 4.35. The number of hydrogen-bond donors (Lipinski definition) is 0. The average molecular weight is 317 g/mol. The van der Waals surface area contributed by atoms with Crippen LogP contribution in [0.15, 0.2) is 29.8 Å². The van der Waals surface area contributed by atoms with E-state index in [4.69, 9.17) is 11.6 Å². The molecular weight excluding hydrogens is 304 g/mol. The zero-order valence-electron chi connectivity index (χ0n) is 11.5. The fraction of sp³-hybridized carbons (Fsp3) is 0.267. The van der Waals surface area contributed by atoms with Crippen LogP contribution in [0.5, 0.6) is 0 Å².